The number of hydrogen-bond acceptors (Lipinski definition) is 3. The lowest BCUT2D eigenvalue weighted by molar-refractivity contribution is 1.36. The summed E-state index contributed by atoms with van der Waals surface area (Å²) in [6, 6.07) is 6.03. The zero-order valence-corrected chi connectivity index (χ0v) is 9.97. The molecule has 4 heteroatoms. The van der Waals surface area contributed by atoms with Crippen molar-refractivity contribution in [3.63, 3.8) is 0 Å². The summed E-state index contributed by atoms with van der Waals surface area (Å²) < 4.78 is 0. The van der Waals surface area contributed by atoms with Gasteiger partial charge in [0.15, 0.2) is 0 Å². The Morgan fingerprint density at radius 3 is 2.79 bits per heavy atom. The van der Waals surface area contributed by atoms with Gasteiger partial charge in [0.2, 0.25) is 0 Å². The highest BCUT2D eigenvalue weighted by Gasteiger charge is 2.09. The van der Waals surface area contributed by atoms with Gasteiger partial charge in [0.1, 0.15) is 4.99 Å². The molecule has 0 spiro atoms. The van der Waals surface area contributed by atoms with Crippen molar-refractivity contribution in [3.05, 3.63) is 23.8 Å². The van der Waals surface area contributed by atoms with E-state index < -0.39 is 0 Å². The molecule has 76 valence electrons. The van der Waals surface area contributed by atoms with Crippen molar-refractivity contribution in [2.45, 2.75) is 11.8 Å². The molecule has 0 aliphatic rings. The fourth-order valence-corrected chi connectivity index (χ4v) is 2.40. The third-order valence-corrected chi connectivity index (χ3v) is 2.99. The van der Waals surface area contributed by atoms with E-state index in [1.807, 2.05) is 25.2 Å². The molecule has 3 N–H and O–H groups in total. The summed E-state index contributed by atoms with van der Waals surface area (Å²) in [5, 5.41) is 3.09. The maximum Gasteiger partial charge on any atom is 0.107 e. The van der Waals surface area contributed by atoms with Crippen molar-refractivity contribution in [1.82, 2.24) is 0 Å². The van der Waals surface area contributed by atoms with Crippen molar-refractivity contribution < 1.29 is 0 Å². The van der Waals surface area contributed by atoms with Crippen LogP contribution in [-0.4, -0.2) is 17.8 Å². The summed E-state index contributed by atoms with van der Waals surface area (Å²) in [6.07, 6.45) is 0. The van der Waals surface area contributed by atoms with E-state index in [0.29, 0.717) is 4.99 Å². The summed E-state index contributed by atoms with van der Waals surface area (Å²) in [5.74, 6) is 1.02. The smallest absolute Gasteiger partial charge is 0.107 e. The minimum atomic E-state index is 0.450. The molecule has 0 saturated carbocycles. The Morgan fingerprint density at radius 1 is 1.57 bits per heavy atom. The Hall–Kier alpha value is -0.740. The van der Waals surface area contributed by atoms with E-state index in [-0.39, 0.29) is 0 Å². The zero-order chi connectivity index (χ0) is 10.6. The molecule has 0 fully saturated rings. The summed E-state index contributed by atoms with van der Waals surface area (Å²) in [6.45, 7) is 2.11. The van der Waals surface area contributed by atoms with Gasteiger partial charge in [-0.3, -0.25) is 0 Å². The van der Waals surface area contributed by atoms with Crippen molar-refractivity contribution in [2.75, 3.05) is 18.1 Å². The lowest BCUT2D eigenvalue weighted by Crippen LogP contribution is -2.13. The fraction of sp³-hybridized carbons (Fsp3) is 0.300. The van der Waals surface area contributed by atoms with E-state index in [1.54, 1.807) is 11.8 Å². The van der Waals surface area contributed by atoms with Crippen LogP contribution >= 0.6 is 24.0 Å². The van der Waals surface area contributed by atoms with Crippen LogP contribution in [0.15, 0.2) is 23.1 Å². The summed E-state index contributed by atoms with van der Waals surface area (Å²) >= 11 is 6.79. The molecule has 0 aromatic heterocycles. The minimum absolute atomic E-state index is 0.450. The molecule has 1 aromatic carbocycles. The number of anilines is 1. The highest BCUT2D eigenvalue weighted by atomic mass is 32.2. The molecular weight excluding hydrogens is 212 g/mol. The molecular formula is C10H14N2S2. The van der Waals surface area contributed by atoms with Crippen LogP contribution < -0.4 is 11.1 Å². The topological polar surface area (TPSA) is 38.0 Å². The Kier molecular flexibility index (Phi) is 4.22. The largest absolute Gasteiger partial charge is 0.389 e. The number of hydrogen-bond donors (Lipinski definition) is 2. The van der Waals surface area contributed by atoms with Gasteiger partial charge < -0.3 is 11.1 Å². The second-order valence-electron chi connectivity index (χ2n) is 2.73. The van der Waals surface area contributed by atoms with Crippen LogP contribution in [0.25, 0.3) is 0 Å². The standard InChI is InChI=1S/C10H14N2S2/c1-3-14-8-6-4-5-7(12-2)9(8)10(11)13/h4-6,12H,3H2,1-2H3,(H2,11,13). The molecule has 0 heterocycles. The van der Waals surface area contributed by atoms with Gasteiger partial charge in [0.05, 0.1) is 0 Å². The van der Waals surface area contributed by atoms with Crippen LogP contribution in [-0.2, 0) is 0 Å². The van der Waals surface area contributed by atoms with Crippen molar-refractivity contribution in [2.24, 2.45) is 5.73 Å². The highest BCUT2D eigenvalue weighted by Crippen LogP contribution is 2.28. The van der Waals surface area contributed by atoms with Crippen LogP contribution in [0.1, 0.15) is 12.5 Å². The lowest BCUT2D eigenvalue weighted by Gasteiger charge is -2.12. The van der Waals surface area contributed by atoms with Gasteiger partial charge in [-0.15, -0.1) is 11.8 Å². The van der Waals surface area contributed by atoms with E-state index in [9.17, 15) is 0 Å². The van der Waals surface area contributed by atoms with E-state index in [2.05, 4.69) is 12.2 Å². The Labute approximate surface area is 94.3 Å². The molecule has 0 saturated heterocycles. The first-order valence-electron chi connectivity index (χ1n) is 4.44. The van der Waals surface area contributed by atoms with Crippen molar-refractivity contribution >= 4 is 34.7 Å². The maximum atomic E-state index is 5.70. The van der Waals surface area contributed by atoms with Crippen LogP contribution in [0.2, 0.25) is 0 Å². The van der Waals surface area contributed by atoms with Crippen LogP contribution in [0.4, 0.5) is 5.69 Å². The number of nitrogens with one attached hydrogen (secondary N) is 1. The first kappa shape index (κ1) is 11.3. The predicted octanol–water partition coefficient (Wildman–Crippen LogP) is 2.47. The molecule has 2 nitrogen and oxygen atoms in total. The van der Waals surface area contributed by atoms with Crippen molar-refractivity contribution in [3.8, 4) is 0 Å². The molecule has 14 heavy (non-hydrogen) atoms. The molecule has 0 aliphatic heterocycles. The minimum Gasteiger partial charge on any atom is -0.389 e. The number of thiocarbonyl (C=S) groups is 1. The average molecular weight is 226 g/mol. The third-order valence-electron chi connectivity index (χ3n) is 1.84. The second-order valence-corrected chi connectivity index (χ2v) is 4.47. The molecule has 0 bridgehead atoms. The van der Waals surface area contributed by atoms with Crippen LogP contribution in [0.5, 0.6) is 0 Å². The predicted molar refractivity (Wildman–Crippen MR) is 68.3 cm³/mol. The quantitative estimate of drug-likeness (QED) is 0.611. The van der Waals surface area contributed by atoms with Gasteiger partial charge in [-0.25, -0.2) is 0 Å². The maximum absolute atomic E-state index is 5.70. The molecule has 0 aliphatic carbocycles. The third kappa shape index (κ3) is 2.39. The number of benzene rings is 1. The summed E-state index contributed by atoms with van der Waals surface area (Å²) in [5.41, 5.74) is 7.65. The molecule has 0 unspecified atom stereocenters. The molecule has 0 atom stereocenters. The number of rotatable bonds is 4. The first-order chi connectivity index (χ1) is 6.70. The second kappa shape index (κ2) is 5.22. The Bertz CT molecular complexity index is 337. The molecule has 0 amide bonds. The lowest BCUT2D eigenvalue weighted by atomic mass is 10.2. The van der Waals surface area contributed by atoms with E-state index >= 15 is 0 Å². The van der Waals surface area contributed by atoms with E-state index in [0.717, 1.165) is 21.9 Å². The summed E-state index contributed by atoms with van der Waals surface area (Å²) in [7, 11) is 1.87. The fourth-order valence-electron chi connectivity index (χ4n) is 1.27. The van der Waals surface area contributed by atoms with E-state index in [1.165, 1.54) is 0 Å². The van der Waals surface area contributed by atoms with E-state index in [4.69, 9.17) is 18.0 Å². The summed E-state index contributed by atoms with van der Waals surface area (Å²) in [4.78, 5) is 1.60. The SMILES string of the molecule is CCSc1cccc(NC)c1C(N)=S. The molecule has 0 radical (unpaired) electrons. The normalized spacial score (nSPS) is 9.86. The first-order valence-corrected chi connectivity index (χ1v) is 5.83. The highest BCUT2D eigenvalue weighted by molar-refractivity contribution is 7.99. The van der Waals surface area contributed by atoms with Gasteiger partial charge in [-0.2, -0.15) is 0 Å². The average Bonchev–Trinajstić information content (AvgIpc) is 2.17. The van der Waals surface area contributed by atoms with Gasteiger partial charge in [-0.05, 0) is 17.9 Å². The van der Waals surface area contributed by atoms with Gasteiger partial charge >= 0.3 is 0 Å². The Morgan fingerprint density at radius 2 is 2.29 bits per heavy atom. The van der Waals surface area contributed by atoms with Gasteiger partial charge in [0, 0.05) is 23.2 Å². The molecule has 1 rings (SSSR count). The number of nitrogens with two attached hydrogens (primary N) is 1. The monoisotopic (exact) mass is 226 g/mol. The van der Waals surface area contributed by atoms with Gasteiger partial charge in [0.25, 0.3) is 0 Å². The number of thioether (sulfide) groups is 1. The zero-order valence-electron chi connectivity index (χ0n) is 8.33. The molecule has 1 aromatic rings. The van der Waals surface area contributed by atoms with Crippen molar-refractivity contribution in [1.29, 1.82) is 0 Å². The van der Waals surface area contributed by atoms with Crippen LogP contribution in [0, 0.1) is 0 Å². The van der Waals surface area contributed by atoms with Crippen LogP contribution in [0.3, 0.4) is 0 Å². The van der Waals surface area contributed by atoms with Gasteiger partial charge in [-0.1, -0.05) is 25.2 Å². The Balaban J connectivity index is 3.20.